The topological polar surface area (TPSA) is 47.0 Å². The summed E-state index contributed by atoms with van der Waals surface area (Å²) in [5, 5.41) is 1.01. The van der Waals surface area contributed by atoms with Gasteiger partial charge in [-0.05, 0) is 66.2 Å². The van der Waals surface area contributed by atoms with Crippen LogP contribution in [0.15, 0.2) is 108 Å². The van der Waals surface area contributed by atoms with Crippen LogP contribution in [-0.2, 0) is 0 Å². The Balaban J connectivity index is 1.61. The summed E-state index contributed by atoms with van der Waals surface area (Å²) in [7, 11) is 3.37. The Hall–Kier alpha value is -3.77. The van der Waals surface area contributed by atoms with Crippen molar-refractivity contribution in [2.45, 2.75) is 11.4 Å². The highest BCUT2D eigenvalue weighted by Crippen LogP contribution is 2.46. The maximum atomic E-state index is 5.41. The fourth-order valence-electron chi connectivity index (χ4n) is 4.05. The molecule has 0 radical (unpaired) electrons. The molecule has 1 aliphatic rings. The molecule has 5 nitrogen and oxygen atoms in total. The van der Waals surface area contributed by atoms with E-state index in [1.165, 1.54) is 5.56 Å². The van der Waals surface area contributed by atoms with Gasteiger partial charge < -0.3 is 14.4 Å². The zero-order valence-electron chi connectivity index (χ0n) is 19.0. The molecule has 0 bridgehead atoms. The summed E-state index contributed by atoms with van der Waals surface area (Å²) < 4.78 is 10.8. The van der Waals surface area contributed by atoms with Gasteiger partial charge in [0.15, 0.2) is 0 Å². The minimum Gasteiger partial charge on any atom is -0.497 e. The van der Waals surface area contributed by atoms with Crippen molar-refractivity contribution < 1.29 is 9.47 Å². The molecule has 2 atom stereocenters. The molecule has 0 aliphatic carbocycles. The number of hydrogen-bond acceptors (Lipinski definition) is 6. The van der Waals surface area contributed by atoms with E-state index in [1.807, 2.05) is 54.9 Å². The smallest absolute Gasteiger partial charge is 0.119 e. The summed E-state index contributed by atoms with van der Waals surface area (Å²) in [5.74, 6) is 1.65. The SMILES string of the molecule is COc1ccc(N(c2ccc(OC)cc2)C2SC(c3ccncc3)=NC2c2ccccc2)cc1. The van der Waals surface area contributed by atoms with Crippen molar-refractivity contribution in [3.8, 4) is 11.5 Å². The summed E-state index contributed by atoms with van der Waals surface area (Å²) in [6, 6.07) is 30.8. The highest BCUT2D eigenvalue weighted by atomic mass is 32.2. The fraction of sp³-hybridized carbons (Fsp3) is 0.143. The standard InChI is InChI=1S/C28H25N3O2S/c1-32-24-12-8-22(9-13-24)31(23-10-14-25(33-2)15-11-23)28-26(20-6-4-3-5-7-20)30-27(34-28)21-16-18-29-19-17-21/h3-19,26,28H,1-2H3. The average Bonchev–Trinajstić information content (AvgIpc) is 3.36. The summed E-state index contributed by atoms with van der Waals surface area (Å²) >= 11 is 1.77. The number of aliphatic imine (C=N–C) groups is 1. The molecule has 3 aromatic carbocycles. The van der Waals surface area contributed by atoms with Gasteiger partial charge in [-0.25, -0.2) is 0 Å². The van der Waals surface area contributed by atoms with Gasteiger partial charge in [0.05, 0.1) is 14.2 Å². The lowest BCUT2D eigenvalue weighted by atomic mass is 10.1. The third kappa shape index (κ3) is 4.50. The molecule has 2 unspecified atom stereocenters. The lowest BCUT2D eigenvalue weighted by molar-refractivity contribution is 0.415. The molecular weight excluding hydrogens is 442 g/mol. The van der Waals surface area contributed by atoms with Crippen LogP contribution in [0.1, 0.15) is 17.2 Å². The first-order valence-corrected chi connectivity index (χ1v) is 11.9. The number of pyridine rings is 1. The Morgan fingerprint density at radius 2 is 1.26 bits per heavy atom. The Morgan fingerprint density at radius 3 is 1.79 bits per heavy atom. The number of anilines is 2. The second-order valence-electron chi connectivity index (χ2n) is 7.80. The summed E-state index contributed by atoms with van der Waals surface area (Å²) in [6.07, 6.45) is 3.63. The molecule has 0 saturated heterocycles. The van der Waals surface area contributed by atoms with Crippen LogP contribution in [0.3, 0.4) is 0 Å². The van der Waals surface area contributed by atoms with Crippen LogP contribution in [0.4, 0.5) is 11.4 Å². The van der Waals surface area contributed by atoms with Gasteiger partial charge in [-0.15, -0.1) is 0 Å². The first kappa shape index (κ1) is 22.0. The highest BCUT2D eigenvalue weighted by molar-refractivity contribution is 8.15. The number of rotatable bonds is 7. The molecular formula is C28H25N3O2S. The molecule has 34 heavy (non-hydrogen) atoms. The van der Waals surface area contributed by atoms with Gasteiger partial charge in [0.2, 0.25) is 0 Å². The summed E-state index contributed by atoms with van der Waals surface area (Å²) in [6.45, 7) is 0. The molecule has 6 heteroatoms. The molecule has 0 N–H and O–H groups in total. The first-order valence-electron chi connectivity index (χ1n) is 11.0. The molecule has 1 aliphatic heterocycles. The van der Waals surface area contributed by atoms with Crippen molar-refractivity contribution in [3.05, 3.63) is 115 Å². The monoisotopic (exact) mass is 467 g/mol. The van der Waals surface area contributed by atoms with Crippen LogP contribution in [0.2, 0.25) is 0 Å². The first-order chi connectivity index (χ1) is 16.8. The average molecular weight is 468 g/mol. The van der Waals surface area contributed by atoms with Crippen molar-refractivity contribution in [1.82, 2.24) is 4.98 Å². The second-order valence-corrected chi connectivity index (χ2v) is 8.91. The number of thioether (sulfide) groups is 1. The number of hydrogen-bond donors (Lipinski definition) is 0. The highest BCUT2D eigenvalue weighted by Gasteiger charge is 2.37. The van der Waals surface area contributed by atoms with E-state index in [9.17, 15) is 0 Å². The largest absolute Gasteiger partial charge is 0.497 e. The minimum atomic E-state index is -0.0569. The van der Waals surface area contributed by atoms with E-state index in [1.54, 1.807) is 26.0 Å². The van der Waals surface area contributed by atoms with Gasteiger partial charge in [-0.2, -0.15) is 0 Å². The van der Waals surface area contributed by atoms with Crippen LogP contribution < -0.4 is 14.4 Å². The molecule has 2 heterocycles. The van der Waals surface area contributed by atoms with Crippen molar-refractivity contribution in [2.75, 3.05) is 19.1 Å². The van der Waals surface area contributed by atoms with Crippen molar-refractivity contribution in [1.29, 1.82) is 0 Å². The molecule has 0 saturated carbocycles. The van der Waals surface area contributed by atoms with Crippen LogP contribution in [-0.4, -0.2) is 29.6 Å². The van der Waals surface area contributed by atoms with E-state index in [0.717, 1.165) is 33.5 Å². The maximum absolute atomic E-state index is 5.41. The van der Waals surface area contributed by atoms with E-state index in [4.69, 9.17) is 14.5 Å². The number of ether oxygens (including phenoxy) is 2. The predicted octanol–water partition coefficient (Wildman–Crippen LogP) is 6.50. The quantitative estimate of drug-likeness (QED) is 0.311. The van der Waals surface area contributed by atoms with Crippen molar-refractivity contribution in [2.24, 2.45) is 4.99 Å². The van der Waals surface area contributed by atoms with Gasteiger partial charge in [0.25, 0.3) is 0 Å². The van der Waals surface area contributed by atoms with Gasteiger partial charge in [0, 0.05) is 29.3 Å². The van der Waals surface area contributed by atoms with E-state index in [2.05, 4.69) is 58.4 Å². The number of nitrogens with zero attached hydrogens (tertiary/aromatic N) is 3. The lowest BCUT2D eigenvalue weighted by Gasteiger charge is -2.34. The van der Waals surface area contributed by atoms with E-state index < -0.39 is 0 Å². The Kier molecular flexibility index (Phi) is 6.49. The molecule has 0 fully saturated rings. The Labute approximate surface area is 204 Å². The summed E-state index contributed by atoms with van der Waals surface area (Å²) in [4.78, 5) is 11.7. The van der Waals surface area contributed by atoms with Crippen molar-refractivity contribution >= 4 is 28.2 Å². The molecule has 0 amide bonds. The Bertz CT molecular complexity index is 1200. The van der Waals surface area contributed by atoms with E-state index in [-0.39, 0.29) is 11.4 Å². The number of methoxy groups -OCH3 is 2. The third-order valence-electron chi connectivity index (χ3n) is 5.78. The third-order valence-corrected chi connectivity index (χ3v) is 7.06. The zero-order valence-corrected chi connectivity index (χ0v) is 19.9. The van der Waals surface area contributed by atoms with Crippen LogP contribution in [0.5, 0.6) is 11.5 Å². The number of benzene rings is 3. The van der Waals surface area contributed by atoms with Gasteiger partial charge in [0.1, 0.15) is 28.0 Å². The Morgan fingerprint density at radius 1 is 0.706 bits per heavy atom. The molecule has 0 spiro atoms. The molecule has 1 aromatic heterocycles. The van der Waals surface area contributed by atoms with Gasteiger partial charge in [-0.1, -0.05) is 42.1 Å². The predicted molar refractivity (Wildman–Crippen MR) is 139 cm³/mol. The normalized spacial score (nSPS) is 17.2. The van der Waals surface area contributed by atoms with Crippen LogP contribution in [0.25, 0.3) is 0 Å². The van der Waals surface area contributed by atoms with E-state index >= 15 is 0 Å². The zero-order chi connectivity index (χ0) is 23.3. The van der Waals surface area contributed by atoms with E-state index in [0.29, 0.717) is 0 Å². The van der Waals surface area contributed by atoms with Crippen molar-refractivity contribution in [3.63, 3.8) is 0 Å². The molecule has 4 aromatic rings. The van der Waals surface area contributed by atoms with Gasteiger partial charge >= 0.3 is 0 Å². The van der Waals surface area contributed by atoms with Crippen LogP contribution >= 0.6 is 11.8 Å². The number of aromatic nitrogens is 1. The van der Waals surface area contributed by atoms with Crippen LogP contribution in [0, 0.1) is 0 Å². The minimum absolute atomic E-state index is 0.00681. The summed E-state index contributed by atoms with van der Waals surface area (Å²) in [5.41, 5.74) is 4.38. The molecule has 170 valence electrons. The molecule has 5 rings (SSSR count). The maximum Gasteiger partial charge on any atom is 0.119 e. The fourth-order valence-corrected chi connectivity index (χ4v) is 5.42. The second kappa shape index (κ2) is 10.0. The lowest BCUT2D eigenvalue weighted by Crippen LogP contribution is -2.31. The van der Waals surface area contributed by atoms with Gasteiger partial charge in [-0.3, -0.25) is 9.98 Å².